The second-order valence-electron chi connectivity index (χ2n) is 8.15. The molecule has 1 saturated heterocycles. The van der Waals surface area contributed by atoms with Gasteiger partial charge in [-0.05, 0) is 43.0 Å². The third-order valence-corrected chi connectivity index (χ3v) is 6.75. The lowest BCUT2D eigenvalue weighted by atomic mass is 9.98. The van der Waals surface area contributed by atoms with E-state index in [2.05, 4.69) is 10.0 Å². The number of aliphatic hydroxyl groups excluding tert-OH is 1. The number of alkyl halides is 3. The Hall–Kier alpha value is -2.70. The molecular weight excluding hydrogens is 550 g/mol. The van der Waals surface area contributed by atoms with Crippen LogP contribution in [0.15, 0.2) is 27.9 Å². The number of aryl methyl sites for hydroxylation is 1. The van der Waals surface area contributed by atoms with Gasteiger partial charge >= 0.3 is 22.4 Å². The highest BCUT2D eigenvalue weighted by Gasteiger charge is 2.66. The summed E-state index contributed by atoms with van der Waals surface area (Å²) in [6.07, 6.45) is -8.69. The molecule has 3 atom stereocenters. The fourth-order valence-corrected chi connectivity index (χ4v) is 4.60. The summed E-state index contributed by atoms with van der Waals surface area (Å²) in [7, 11) is -10.2. The highest BCUT2D eigenvalue weighted by Crippen LogP contribution is 3.02. The Bertz CT molecular complexity index is 1100. The van der Waals surface area contributed by atoms with E-state index < -0.39 is 81.5 Å². The van der Waals surface area contributed by atoms with E-state index in [9.17, 15) is 47.4 Å². The van der Waals surface area contributed by atoms with Crippen LogP contribution in [-0.4, -0.2) is 54.0 Å². The normalized spacial score (nSPS) is 24.3. The quantitative estimate of drug-likeness (QED) is 0.139. The van der Waals surface area contributed by atoms with Gasteiger partial charge in [0.15, 0.2) is 6.79 Å². The van der Waals surface area contributed by atoms with E-state index in [0.717, 1.165) is 5.01 Å². The lowest BCUT2D eigenvalue weighted by molar-refractivity contribution is -0.193. The third kappa shape index (κ3) is 6.42. The first-order valence-electron chi connectivity index (χ1n) is 10.5. The van der Waals surface area contributed by atoms with Crippen LogP contribution in [-0.2, 0) is 20.7 Å². The zero-order valence-corrected chi connectivity index (χ0v) is 19.6. The van der Waals surface area contributed by atoms with Crippen LogP contribution in [0, 0.1) is 4.91 Å². The number of ether oxygens (including phenoxy) is 3. The highest BCUT2D eigenvalue weighted by molar-refractivity contribution is 8.45. The number of benzene rings is 1. The molecule has 2 unspecified atom stereocenters. The van der Waals surface area contributed by atoms with E-state index in [1.807, 2.05) is 5.53 Å². The second kappa shape index (κ2) is 9.25. The summed E-state index contributed by atoms with van der Waals surface area (Å²) in [6.45, 7) is -0.150. The van der Waals surface area contributed by atoms with E-state index in [4.69, 9.17) is 9.47 Å². The van der Waals surface area contributed by atoms with Crippen molar-refractivity contribution in [2.45, 2.75) is 55.6 Å². The number of nitrogens with one attached hydrogen (secondary N) is 1. The molecule has 9 nitrogen and oxygen atoms in total. The van der Waals surface area contributed by atoms with Crippen molar-refractivity contribution in [1.29, 1.82) is 0 Å². The summed E-state index contributed by atoms with van der Waals surface area (Å²) in [5.74, 6) is -2.43. The molecule has 2 heterocycles. The Morgan fingerprint density at radius 3 is 2.46 bits per heavy atom. The number of fused-ring (bicyclic) bond motifs is 1. The first-order valence-corrected chi connectivity index (χ1v) is 12.5. The van der Waals surface area contributed by atoms with Crippen molar-refractivity contribution in [3.05, 3.63) is 33.7 Å². The fourth-order valence-electron chi connectivity index (χ4n) is 3.89. The Kier molecular flexibility index (Phi) is 7.21. The molecule has 37 heavy (non-hydrogen) atoms. The van der Waals surface area contributed by atoms with Crippen molar-refractivity contribution in [2.24, 2.45) is 5.29 Å². The number of hydrazine groups is 1. The third-order valence-electron chi connectivity index (χ3n) is 5.62. The molecule has 0 aromatic heterocycles. The number of carbonyl (C=O) groups excluding carboxylic acids is 1. The minimum atomic E-state index is -10.2. The molecule has 3 rings (SSSR count). The van der Waals surface area contributed by atoms with Crippen LogP contribution in [0.2, 0.25) is 0 Å². The predicted octanol–water partition coefficient (Wildman–Crippen LogP) is 5.10. The van der Waals surface area contributed by atoms with E-state index >= 15 is 0 Å². The molecule has 0 aliphatic carbocycles. The number of hydrogen-bond donors (Lipinski definition) is 2. The van der Waals surface area contributed by atoms with Crippen molar-refractivity contribution >= 4 is 22.3 Å². The molecule has 18 heteroatoms. The number of rotatable bonds is 9. The Morgan fingerprint density at radius 2 is 1.92 bits per heavy atom. The van der Waals surface area contributed by atoms with Gasteiger partial charge in [0, 0.05) is 5.56 Å². The number of halogens is 8. The molecular formula is C19H21F8N3O6S. The average molecular weight is 571 g/mol. The minimum absolute atomic E-state index is 0.0219. The summed E-state index contributed by atoms with van der Waals surface area (Å²) in [4.78, 5) is 20.6. The van der Waals surface area contributed by atoms with Crippen LogP contribution in [0.4, 0.5) is 32.6 Å². The van der Waals surface area contributed by atoms with E-state index in [1.54, 1.807) is 0 Å². The van der Waals surface area contributed by atoms with Gasteiger partial charge in [-0.25, -0.2) is 10.3 Å². The van der Waals surface area contributed by atoms with Crippen molar-refractivity contribution in [1.82, 2.24) is 10.5 Å². The van der Waals surface area contributed by atoms with Gasteiger partial charge in [0.2, 0.25) is 6.10 Å². The smallest absolute Gasteiger partial charge is 0.430 e. The zero-order chi connectivity index (χ0) is 27.9. The fraction of sp³-hybridized carbons (Fsp3) is 0.526. The molecule has 0 saturated carbocycles. The van der Waals surface area contributed by atoms with Crippen LogP contribution in [0.3, 0.4) is 0 Å². The maximum Gasteiger partial charge on any atom is 0.430 e. The number of nitrogens with zero attached hydrogens (tertiary/aromatic N) is 2. The molecule has 0 radical (unpaired) electrons. The van der Waals surface area contributed by atoms with Crippen molar-refractivity contribution in [2.75, 3.05) is 13.4 Å². The van der Waals surface area contributed by atoms with E-state index in [-0.39, 0.29) is 25.0 Å². The molecule has 1 fully saturated rings. The molecule has 0 amide bonds. The van der Waals surface area contributed by atoms with Gasteiger partial charge in [-0.3, -0.25) is 0 Å². The summed E-state index contributed by atoms with van der Waals surface area (Å²) in [5, 5.41) is 12.8. The van der Waals surface area contributed by atoms with Crippen molar-refractivity contribution in [3.8, 4) is 5.75 Å². The van der Waals surface area contributed by atoms with Gasteiger partial charge in [-0.1, -0.05) is 26.4 Å². The van der Waals surface area contributed by atoms with Gasteiger partial charge < -0.3 is 19.3 Å². The van der Waals surface area contributed by atoms with E-state index in [0.29, 0.717) is 12.5 Å². The Labute approximate surface area is 204 Å². The Balaban J connectivity index is 1.90. The largest absolute Gasteiger partial charge is 0.475 e. The summed E-state index contributed by atoms with van der Waals surface area (Å²) >= 11 is 0. The van der Waals surface area contributed by atoms with Crippen LogP contribution in [0.1, 0.15) is 30.9 Å². The molecule has 210 valence electrons. The van der Waals surface area contributed by atoms with Gasteiger partial charge in [0.05, 0.1) is 23.5 Å². The van der Waals surface area contributed by atoms with Gasteiger partial charge in [-0.15, -0.1) is 4.91 Å². The monoisotopic (exact) mass is 571 g/mol. The molecule has 1 aromatic carbocycles. The van der Waals surface area contributed by atoms with Crippen LogP contribution in [0.5, 0.6) is 5.75 Å². The van der Waals surface area contributed by atoms with Crippen LogP contribution < -0.4 is 10.3 Å². The van der Waals surface area contributed by atoms with Gasteiger partial charge in [-0.2, -0.15) is 18.2 Å². The van der Waals surface area contributed by atoms with Crippen LogP contribution in [0.25, 0.3) is 6.08 Å². The summed E-state index contributed by atoms with van der Waals surface area (Å²) in [6, 6.07) is -0.667. The number of nitroso groups, excluding NO2 is 1. The first-order chi connectivity index (χ1) is 16.9. The van der Waals surface area contributed by atoms with Gasteiger partial charge in [0.1, 0.15) is 16.9 Å². The minimum Gasteiger partial charge on any atom is -0.475 e. The number of carbonyl (C=O) groups is 1. The molecule has 0 spiro atoms. The number of aliphatic hydroxyl groups is 1. The predicted molar refractivity (Wildman–Crippen MR) is 112 cm³/mol. The maximum atomic E-state index is 13.7. The highest BCUT2D eigenvalue weighted by atomic mass is 32.5. The topological polar surface area (TPSA) is 110 Å². The second-order valence-corrected chi connectivity index (χ2v) is 10.6. The zero-order valence-electron chi connectivity index (χ0n) is 18.8. The van der Waals surface area contributed by atoms with Crippen molar-refractivity contribution in [3.63, 3.8) is 0 Å². The lowest BCUT2D eigenvalue weighted by Crippen LogP contribution is -2.46. The molecule has 2 N–H and O–H groups in total. The molecule has 0 bridgehead atoms. The maximum absolute atomic E-state index is 13.7. The first kappa shape index (κ1) is 28.9. The number of esters is 1. The average Bonchev–Trinajstić information content (AvgIpc) is 3.16. The molecule has 2 aliphatic heterocycles. The SMILES string of the molecule is CCc1cc(S(F)(F)(F)(F)F)cc2c1OC(C(F)(F)F)C(C(=O)OCOC1CC[C@@H](CO)N1NN=O)=C2. The summed E-state index contributed by atoms with van der Waals surface area (Å²) < 4.78 is 123. The lowest BCUT2D eigenvalue weighted by Gasteiger charge is -2.41. The standard InChI is InChI=1S/C19H21F8N3O6S/c1-2-10-5-13(37(23,24,25,26)27)6-11-7-14(17(19(20,21)22)36-16(10)11)18(32)35-9-34-15-4-3-12(8-31)30(15)28-29-33/h5-7,12,15,17,31H,2-4,8-9H2,1H3,(H,28,33)/t12-,15?,17?/m0/s1. The summed E-state index contributed by atoms with van der Waals surface area (Å²) in [5.41, 5.74) is -0.667. The Morgan fingerprint density at radius 1 is 1.24 bits per heavy atom. The number of hydrogen-bond acceptors (Lipinski definition) is 8. The van der Waals surface area contributed by atoms with Crippen LogP contribution >= 0.6 is 10.2 Å². The van der Waals surface area contributed by atoms with Gasteiger partial charge in [0.25, 0.3) is 0 Å². The molecule has 2 aliphatic rings. The van der Waals surface area contributed by atoms with Crippen molar-refractivity contribution < 1.29 is 56.7 Å². The van der Waals surface area contributed by atoms with E-state index in [1.165, 1.54) is 6.92 Å². The molecule has 1 aromatic rings.